The summed E-state index contributed by atoms with van der Waals surface area (Å²) in [5, 5.41) is 19.2. The molecule has 0 saturated heterocycles. The molecule has 1 aliphatic rings. The van der Waals surface area contributed by atoms with Crippen molar-refractivity contribution < 1.29 is 0 Å². The first kappa shape index (κ1) is 20.3. The lowest BCUT2D eigenvalue weighted by atomic mass is 10.2. The second-order valence-corrected chi connectivity index (χ2v) is 8.47. The smallest absolute Gasteiger partial charge is 0.269 e. The molecule has 0 amide bonds. The zero-order chi connectivity index (χ0) is 21.1. The van der Waals surface area contributed by atoms with Crippen molar-refractivity contribution in [1.82, 2.24) is 19.3 Å². The average Bonchev–Trinajstić information content (AvgIpc) is 3.17. The topological polar surface area (TPSA) is 76.5 Å². The molecular weight excluding hydrogens is 418 g/mol. The summed E-state index contributed by atoms with van der Waals surface area (Å²) in [5.41, 5.74) is 0.932. The van der Waals surface area contributed by atoms with Crippen LogP contribution in [-0.4, -0.2) is 19.3 Å². The van der Waals surface area contributed by atoms with Crippen LogP contribution < -0.4 is 14.8 Å². The number of hydrogen-bond donors (Lipinski definition) is 0. The van der Waals surface area contributed by atoms with Gasteiger partial charge in [0.1, 0.15) is 22.1 Å². The molecular formula is C22H20ClN5OS. The molecule has 3 heterocycles. The Balaban J connectivity index is 2.00. The summed E-state index contributed by atoms with van der Waals surface area (Å²) >= 11 is 7.53. The van der Waals surface area contributed by atoms with Crippen LogP contribution in [0.5, 0.6) is 0 Å². The molecule has 0 saturated carbocycles. The lowest BCUT2D eigenvalue weighted by Crippen LogP contribution is -2.32. The third-order valence-electron chi connectivity index (χ3n) is 5.07. The van der Waals surface area contributed by atoms with Gasteiger partial charge in [-0.05, 0) is 30.5 Å². The predicted octanol–water partition coefficient (Wildman–Crippen LogP) is 2.62. The van der Waals surface area contributed by atoms with Gasteiger partial charge in [-0.1, -0.05) is 42.3 Å². The normalized spacial score (nSPS) is 15.3. The molecule has 0 radical (unpaired) electrons. The Labute approximate surface area is 182 Å². The number of fused-ring (bicyclic) bond motifs is 1. The Bertz CT molecular complexity index is 1320. The number of aromatic nitrogens is 4. The standard InChI is InChI=1S/C22H20ClN5OS/c1-2-11-28-21(29)18(13-15-8-5-6-9-17(15)23)30-22(28)16(14-24)20-26-25-19-10-4-3-7-12-27(19)20/h2,5-6,8-9,13H,1,3-4,7,10-12H2/b18-13-,22-16-. The van der Waals surface area contributed by atoms with Gasteiger partial charge in [-0.25, -0.2) is 0 Å². The number of nitriles is 1. The van der Waals surface area contributed by atoms with Gasteiger partial charge < -0.3 is 4.57 Å². The zero-order valence-electron chi connectivity index (χ0n) is 16.3. The van der Waals surface area contributed by atoms with Crippen molar-refractivity contribution in [2.75, 3.05) is 0 Å². The summed E-state index contributed by atoms with van der Waals surface area (Å²) in [4.78, 5) is 13.1. The molecule has 30 heavy (non-hydrogen) atoms. The van der Waals surface area contributed by atoms with E-state index in [2.05, 4.69) is 22.8 Å². The molecule has 0 atom stereocenters. The van der Waals surface area contributed by atoms with Crippen LogP contribution in [0.1, 0.15) is 36.5 Å². The lowest BCUT2D eigenvalue weighted by molar-refractivity contribution is 0.626. The van der Waals surface area contributed by atoms with Gasteiger partial charge in [0, 0.05) is 24.5 Å². The van der Waals surface area contributed by atoms with Crippen molar-refractivity contribution in [1.29, 1.82) is 5.26 Å². The monoisotopic (exact) mass is 437 g/mol. The summed E-state index contributed by atoms with van der Waals surface area (Å²) in [6, 6.07) is 9.62. The van der Waals surface area contributed by atoms with Gasteiger partial charge in [0.15, 0.2) is 5.82 Å². The van der Waals surface area contributed by atoms with Gasteiger partial charge in [-0.2, -0.15) is 5.26 Å². The highest BCUT2D eigenvalue weighted by Gasteiger charge is 2.20. The number of benzene rings is 1. The number of hydrogen-bond acceptors (Lipinski definition) is 5. The maximum atomic E-state index is 13.1. The van der Waals surface area contributed by atoms with E-state index < -0.39 is 0 Å². The van der Waals surface area contributed by atoms with Crippen molar-refractivity contribution in [3.05, 3.63) is 78.7 Å². The Hall–Kier alpha value is -2.95. The van der Waals surface area contributed by atoms with Crippen molar-refractivity contribution in [2.24, 2.45) is 0 Å². The summed E-state index contributed by atoms with van der Waals surface area (Å²) < 4.78 is 4.64. The van der Waals surface area contributed by atoms with Crippen LogP contribution in [0, 0.1) is 11.3 Å². The highest BCUT2D eigenvalue weighted by atomic mass is 35.5. The Morgan fingerprint density at radius 1 is 1.30 bits per heavy atom. The van der Waals surface area contributed by atoms with Crippen LogP contribution in [-0.2, 0) is 19.5 Å². The SMILES string of the molecule is C=CCn1c(=O)/c(=C/c2ccccc2Cl)s/c1=C(/C#N)c1nnc2n1CCCCC2. The molecule has 152 valence electrons. The molecule has 1 aliphatic heterocycles. The molecule has 0 unspecified atom stereocenters. The van der Waals surface area contributed by atoms with Gasteiger partial charge in [0.2, 0.25) is 0 Å². The molecule has 6 nitrogen and oxygen atoms in total. The molecule has 1 aromatic carbocycles. The summed E-state index contributed by atoms with van der Waals surface area (Å²) in [7, 11) is 0. The zero-order valence-corrected chi connectivity index (χ0v) is 17.9. The molecule has 0 bridgehead atoms. The van der Waals surface area contributed by atoms with E-state index in [1.165, 1.54) is 11.3 Å². The minimum absolute atomic E-state index is 0.182. The van der Waals surface area contributed by atoms with Gasteiger partial charge in [0.05, 0.1) is 4.53 Å². The average molecular weight is 438 g/mol. The minimum atomic E-state index is -0.182. The van der Waals surface area contributed by atoms with Crippen LogP contribution >= 0.6 is 22.9 Å². The van der Waals surface area contributed by atoms with E-state index in [9.17, 15) is 10.1 Å². The van der Waals surface area contributed by atoms with Crippen LogP contribution in [0.2, 0.25) is 5.02 Å². The van der Waals surface area contributed by atoms with E-state index in [-0.39, 0.29) is 5.56 Å². The highest BCUT2D eigenvalue weighted by molar-refractivity contribution is 7.07. The minimum Gasteiger partial charge on any atom is -0.310 e. The Kier molecular flexibility index (Phi) is 5.98. The highest BCUT2D eigenvalue weighted by Crippen LogP contribution is 2.18. The third-order valence-corrected chi connectivity index (χ3v) is 6.54. The predicted molar refractivity (Wildman–Crippen MR) is 119 cm³/mol. The van der Waals surface area contributed by atoms with Crippen LogP contribution in [0.25, 0.3) is 11.6 Å². The van der Waals surface area contributed by atoms with Gasteiger partial charge >= 0.3 is 0 Å². The quantitative estimate of drug-likeness (QED) is 0.588. The van der Waals surface area contributed by atoms with E-state index >= 15 is 0 Å². The maximum Gasteiger partial charge on any atom is 0.269 e. The fourth-order valence-electron chi connectivity index (χ4n) is 3.60. The van der Waals surface area contributed by atoms with E-state index in [1.807, 2.05) is 22.8 Å². The van der Waals surface area contributed by atoms with Crippen LogP contribution in [0.4, 0.5) is 0 Å². The summed E-state index contributed by atoms with van der Waals surface area (Å²) in [5.74, 6) is 1.42. The molecule has 0 fully saturated rings. The van der Waals surface area contributed by atoms with Crippen molar-refractivity contribution in [3.8, 4) is 6.07 Å². The largest absolute Gasteiger partial charge is 0.310 e. The number of aryl methyl sites for hydroxylation is 1. The molecule has 0 spiro atoms. The number of thiazole rings is 1. The van der Waals surface area contributed by atoms with Gasteiger partial charge in [-0.15, -0.1) is 28.1 Å². The molecule has 8 heteroatoms. The van der Waals surface area contributed by atoms with E-state index in [4.69, 9.17) is 11.6 Å². The Morgan fingerprint density at radius 3 is 2.90 bits per heavy atom. The number of allylic oxidation sites excluding steroid dienone is 1. The van der Waals surface area contributed by atoms with E-state index in [0.29, 0.717) is 32.2 Å². The van der Waals surface area contributed by atoms with E-state index in [1.54, 1.807) is 22.8 Å². The summed E-state index contributed by atoms with van der Waals surface area (Å²) in [6.07, 6.45) is 7.47. The number of rotatable bonds is 4. The first-order valence-corrected chi connectivity index (χ1v) is 11.0. The number of halogens is 1. The second kappa shape index (κ2) is 8.82. The van der Waals surface area contributed by atoms with Gasteiger partial charge in [0.25, 0.3) is 5.56 Å². The molecule has 3 aromatic rings. The van der Waals surface area contributed by atoms with Crippen molar-refractivity contribution in [2.45, 2.75) is 38.8 Å². The fourth-order valence-corrected chi connectivity index (χ4v) is 4.89. The van der Waals surface area contributed by atoms with Crippen molar-refractivity contribution >= 4 is 34.6 Å². The maximum absolute atomic E-state index is 13.1. The Morgan fingerprint density at radius 2 is 2.13 bits per heavy atom. The van der Waals surface area contributed by atoms with E-state index in [0.717, 1.165) is 43.6 Å². The van der Waals surface area contributed by atoms with Crippen molar-refractivity contribution in [3.63, 3.8) is 0 Å². The molecule has 0 aliphatic carbocycles. The molecule has 2 aromatic heterocycles. The molecule has 4 rings (SSSR count). The van der Waals surface area contributed by atoms with Crippen LogP contribution in [0.3, 0.4) is 0 Å². The van der Waals surface area contributed by atoms with Crippen LogP contribution in [0.15, 0.2) is 41.7 Å². The second-order valence-electron chi connectivity index (χ2n) is 7.03. The first-order valence-electron chi connectivity index (χ1n) is 9.77. The lowest BCUT2D eigenvalue weighted by Gasteiger charge is -2.06. The summed E-state index contributed by atoms with van der Waals surface area (Å²) in [6.45, 7) is 4.84. The fraction of sp³-hybridized carbons (Fsp3) is 0.273. The molecule has 0 N–H and O–H groups in total. The number of nitrogens with zero attached hydrogens (tertiary/aromatic N) is 5. The first-order chi connectivity index (χ1) is 14.6. The van der Waals surface area contributed by atoms with Gasteiger partial charge in [-0.3, -0.25) is 9.36 Å². The third kappa shape index (κ3) is 3.76.